The average molecular weight is 373 g/mol. The van der Waals surface area contributed by atoms with Gasteiger partial charge in [0.15, 0.2) is 0 Å². The van der Waals surface area contributed by atoms with Crippen LogP contribution in [-0.4, -0.2) is 12.5 Å². The molecular formula is C23H29F2NO. The van der Waals surface area contributed by atoms with Gasteiger partial charge in [-0.25, -0.2) is 8.78 Å². The minimum Gasteiger partial charge on any atom is -0.355 e. The highest BCUT2D eigenvalue weighted by Gasteiger charge is 2.54. The number of benzene rings is 1. The van der Waals surface area contributed by atoms with Crippen LogP contribution in [-0.2, 0) is 10.2 Å². The third-order valence-electron chi connectivity index (χ3n) is 8.22. The highest BCUT2D eigenvalue weighted by atomic mass is 19.1. The van der Waals surface area contributed by atoms with Crippen LogP contribution in [0.1, 0.15) is 63.9 Å². The van der Waals surface area contributed by atoms with Gasteiger partial charge in [-0.1, -0.05) is 13.0 Å². The Morgan fingerprint density at radius 2 is 1.67 bits per heavy atom. The lowest BCUT2D eigenvalue weighted by atomic mass is 9.49. The largest absolute Gasteiger partial charge is 0.355 e. The molecule has 4 heteroatoms. The average Bonchev–Trinajstić information content (AvgIpc) is 3.22. The Labute approximate surface area is 160 Å². The van der Waals surface area contributed by atoms with Crippen molar-refractivity contribution in [1.29, 1.82) is 0 Å². The van der Waals surface area contributed by atoms with Gasteiger partial charge in [-0.3, -0.25) is 4.79 Å². The van der Waals surface area contributed by atoms with E-state index in [1.165, 1.54) is 44.6 Å². The summed E-state index contributed by atoms with van der Waals surface area (Å²) >= 11 is 0. The minimum absolute atomic E-state index is 0.123. The Hall–Kier alpha value is -1.45. The molecule has 0 saturated heterocycles. The number of halogens is 2. The SMILES string of the molecule is CC1CC1(CNC(=O)CC12CC3CC(CC(C3)C1)C2)c1ccc(F)cc1F. The van der Waals surface area contributed by atoms with Crippen molar-refractivity contribution in [2.75, 3.05) is 6.54 Å². The molecule has 5 aliphatic rings. The highest BCUT2D eigenvalue weighted by Crippen LogP contribution is 2.61. The van der Waals surface area contributed by atoms with E-state index in [0.717, 1.165) is 30.2 Å². The Morgan fingerprint density at radius 1 is 1.07 bits per heavy atom. The number of nitrogens with one attached hydrogen (secondary N) is 1. The summed E-state index contributed by atoms with van der Waals surface area (Å²) in [6.07, 6.45) is 9.28. The van der Waals surface area contributed by atoms with E-state index in [-0.39, 0.29) is 16.7 Å². The van der Waals surface area contributed by atoms with Gasteiger partial charge in [0, 0.05) is 24.4 Å². The Morgan fingerprint density at radius 3 is 2.19 bits per heavy atom. The maximum atomic E-state index is 14.3. The van der Waals surface area contributed by atoms with Crippen LogP contribution in [0.4, 0.5) is 8.78 Å². The Balaban J connectivity index is 1.25. The molecule has 4 bridgehead atoms. The number of carbonyl (C=O) groups excluding carboxylic acids is 1. The summed E-state index contributed by atoms with van der Waals surface area (Å²) < 4.78 is 27.6. The zero-order chi connectivity index (χ0) is 18.8. The first kappa shape index (κ1) is 17.6. The molecule has 1 aromatic carbocycles. The summed E-state index contributed by atoms with van der Waals surface area (Å²) in [5.74, 6) is 1.90. The molecule has 2 unspecified atom stereocenters. The van der Waals surface area contributed by atoms with E-state index < -0.39 is 11.6 Å². The predicted molar refractivity (Wildman–Crippen MR) is 100 cm³/mol. The molecule has 6 rings (SSSR count). The van der Waals surface area contributed by atoms with E-state index >= 15 is 0 Å². The van der Waals surface area contributed by atoms with Crippen molar-refractivity contribution in [3.05, 3.63) is 35.4 Å². The number of hydrogen-bond acceptors (Lipinski definition) is 1. The lowest BCUT2D eigenvalue weighted by Crippen LogP contribution is -2.48. The van der Waals surface area contributed by atoms with Gasteiger partial charge in [0.25, 0.3) is 0 Å². The quantitative estimate of drug-likeness (QED) is 0.776. The van der Waals surface area contributed by atoms with Crippen molar-refractivity contribution in [2.24, 2.45) is 29.1 Å². The lowest BCUT2D eigenvalue weighted by Gasteiger charge is -2.56. The molecule has 0 aliphatic heterocycles. The highest BCUT2D eigenvalue weighted by molar-refractivity contribution is 5.77. The van der Waals surface area contributed by atoms with E-state index in [1.807, 2.05) is 0 Å². The smallest absolute Gasteiger partial charge is 0.220 e. The molecule has 1 amide bonds. The number of carbonyl (C=O) groups is 1. The van der Waals surface area contributed by atoms with E-state index in [2.05, 4.69) is 12.2 Å². The lowest BCUT2D eigenvalue weighted by molar-refractivity contribution is -0.129. The molecule has 0 heterocycles. The van der Waals surface area contributed by atoms with Gasteiger partial charge in [-0.15, -0.1) is 0 Å². The zero-order valence-electron chi connectivity index (χ0n) is 16.1. The van der Waals surface area contributed by atoms with Gasteiger partial charge in [0.05, 0.1) is 0 Å². The van der Waals surface area contributed by atoms with Crippen LogP contribution in [0.5, 0.6) is 0 Å². The summed E-state index contributed by atoms with van der Waals surface area (Å²) in [4.78, 5) is 12.8. The predicted octanol–water partition coefficient (Wildman–Crippen LogP) is 4.97. The summed E-state index contributed by atoms with van der Waals surface area (Å²) in [5, 5.41) is 3.13. The topological polar surface area (TPSA) is 29.1 Å². The van der Waals surface area contributed by atoms with Crippen LogP contribution in [0.2, 0.25) is 0 Å². The molecule has 2 nitrogen and oxygen atoms in total. The molecule has 0 spiro atoms. The summed E-state index contributed by atoms with van der Waals surface area (Å²) in [7, 11) is 0. The molecule has 0 radical (unpaired) electrons. The molecule has 5 aliphatic carbocycles. The molecule has 2 atom stereocenters. The third-order valence-corrected chi connectivity index (χ3v) is 8.22. The van der Waals surface area contributed by atoms with Crippen LogP contribution in [0.25, 0.3) is 0 Å². The van der Waals surface area contributed by atoms with Gasteiger partial charge >= 0.3 is 0 Å². The maximum absolute atomic E-state index is 14.3. The fourth-order valence-corrected chi connectivity index (χ4v) is 7.26. The normalized spacial score (nSPS) is 41.6. The van der Waals surface area contributed by atoms with Crippen molar-refractivity contribution in [2.45, 2.75) is 63.7 Å². The number of hydrogen-bond donors (Lipinski definition) is 1. The fraction of sp³-hybridized carbons (Fsp3) is 0.696. The van der Waals surface area contributed by atoms with Crippen molar-refractivity contribution in [3.63, 3.8) is 0 Å². The van der Waals surface area contributed by atoms with Crippen LogP contribution in [0, 0.1) is 40.7 Å². The van der Waals surface area contributed by atoms with Gasteiger partial charge in [-0.05, 0) is 85.7 Å². The Kier molecular flexibility index (Phi) is 3.93. The fourth-order valence-electron chi connectivity index (χ4n) is 7.26. The van der Waals surface area contributed by atoms with E-state index in [4.69, 9.17) is 0 Å². The molecular weight excluding hydrogens is 344 g/mol. The zero-order valence-corrected chi connectivity index (χ0v) is 16.1. The molecule has 0 aromatic heterocycles. The molecule has 146 valence electrons. The van der Waals surface area contributed by atoms with Crippen molar-refractivity contribution >= 4 is 5.91 Å². The molecule has 1 N–H and O–H groups in total. The minimum atomic E-state index is -0.550. The van der Waals surface area contributed by atoms with Gasteiger partial charge < -0.3 is 5.32 Å². The first-order valence-electron chi connectivity index (χ1n) is 10.6. The standard InChI is InChI=1S/C23H29F2NO/c1-14-8-23(14,19-3-2-18(24)7-20(19)25)13-26-21(27)12-22-9-15-4-16(10-22)6-17(5-15)11-22/h2-3,7,14-17H,4-6,8-13H2,1H3,(H,26,27). The molecule has 27 heavy (non-hydrogen) atoms. The van der Waals surface area contributed by atoms with Crippen molar-refractivity contribution < 1.29 is 13.6 Å². The van der Waals surface area contributed by atoms with E-state index in [1.54, 1.807) is 6.07 Å². The van der Waals surface area contributed by atoms with Crippen LogP contribution < -0.4 is 5.32 Å². The summed E-state index contributed by atoms with van der Waals surface area (Å²) in [6, 6.07) is 3.83. The van der Waals surface area contributed by atoms with Crippen LogP contribution in [0.3, 0.4) is 0 Å². The van der Waals surface area contributed by atoms with Gasteiger partial charge in [-0.2, -0.15) is 0 Å². The van der Waals surface area contributed by atoms with Gasteiger partial charge in [0.2, 0.25) is 5.91 Å². The molecule has 5 saturated carbocycles. The second kappa shape index (κ2) is 6.02. The summed E-state index contributed by atoms with van der Waals surface area (Å²) in [5.41, 5.74) is 0.406. The second-order valence-electron chi connectivity index (χ2n) is 10.3. The monoisotopic (exact) mass is 373 g/mol. The molecule has 1 aromatic rings. The third kappa shape index (κ3) is 3.00. The number of rotatable bonds is 5. The number of amides is 1. The van der Waals surface area contributed by atoms with Gasteiger partial charge in [0.1, 0.15) is 11.6 Å². The first-order chi connectivity index (χ1) is 12.9. The van der Waals surface area contributed by atoms with E-state index in [0.29, 0.717) is 24.4 Å². The van der Waals surface area contributed by atoms with Crippen molar-refractivity contribution in [3.8, 4) is 0 Å². The second-order valence-corrected chi connectivity index (χ2v) is 10.3. The maximum Gasteiger partial charge on any atom is 0.220 e. The van der Waals surface area contributed by atoms with Crippen LogP contribution in [0.15, 0.2) is 18.2 Å². The summed E-state index contributed by atoms with van der Waals surface area (Å²) in [6.45, 7) is 2.54. The van der Waals surface area contributed by atoms with Crippen LogP contribution >= 0.6 is 0 Å². The molecule has 5 fully saturated rings. The Bertz CT molecular complexity index is 740. The first-order valence-corrected chi connectivity index (χ1v) is 10.6. The van der Waals surface area contributed by atoms with Crippen molar-refractivity contribution in [1.82, 2.24) is 5.32 Å². The van der Waals surface area contributed by atoms with E-state index in [9.17, 15) is 13.6 Å².